The number of ether oxygens (including phenoxy) is 1. The second-order valence-corrected chi connectivity index (χ2v) is 13.3. The van der Waals surface area contributed by atoms with Crippen LogP contribution in [0.25, 0.3) is 16.0 Å². The summed E-state index contributed by atoms with van der Waals surface area (Å²) in [5, 5.41) is 21.4. The number of amides is 2. The number of piperazine rings is 1. The molecule has 1 saturated carbocycles. The molecule has 2 aliphatic heterocycles. The van der Waals surface area contributed by atoms with Gasteiger partial charge >= 0.3 is 6.03 Å². The smallest absolute Gasteiger partial charge is 0.320 e. The van der Waals surface area contributed by atoms with Gasteiger partial charge in [0.25, 0.3) is 6.43 Å². The number of benzene rings is 1. The minimum atomic E-state index is -4.13. The van der Waals surface area contributed by atoms with E-state index in [0.717, 1.165) is 12.8 Å². The molecule has 1 N–H and O–H groups in total. The summed E-state index contributed by atoms with van der Waals surface area (Å²) in [4.78, 5) is 18.7. The van der Waals surface area contributed by atoms with Gasteiger partial charge in [0, 0.05) is 63.6 Å². The van der Waals surface area contributed by atoms with E-state index in [1.807, 2.05) is 18.0 Å². The van der Waals surface area contributed by atoms with E-state index in [4.69, 9.17) is 4.74 Å². The van der Waals surface area contributed by atoms with Crippen LogP contribution in [-0.2, 0) is 14.8 Å². The van der Waals surface area contributed by atoms with E-state index >= 15 is 0 Å². The maximum absolute atomic E-state index is 13.5. The van der Waals surface area contributed by atoms with Gasteiger partial charge in [0.15, 0.2) is 5.01 Å². The number of aromatic nitrogens is 4. The molecule has 0 spiro atoms. The summed E-state index contributed by atoms with van der Waals surface area (Å²) in [5.41, 5.74) is -0.240. The monoisotopic (exact) mass is 621 g/mol. The van der Waals surface area contributed by atoms with Crippen LogP contribution < -0.4 is 9.62 Å². The number of anilines is 1. The lowest BCUT2D eigenvalue weighted by Crippen LogP contribution is -2.54. The fourth-order valence-electron chi connectivity index (χ4n) is 5.32. The molecule has 0 unspecified atom stereocenters. The van der Waals surface area contributed by atoms with Gasteiger partial charge < -0.3 is 19.4 Å². The maximum Gasteiger partial charge on any atom is 0.320 e. The molecule has 4 heterocycles. The van der Waals surface area contributed by atoms with Crippen LogP contribution >= 0.6 is 11.3 Å². The third-order valence-corrected chi connectivity index (χ3v) is 10.4. The molecule has 0 bridgehead atoms. The average molecular weight is 622 g/mol. The van der Waals surface area contributed by atoms with E-state index in [0.29, 0.717) is 80.2 Å². The first-order valence-corrected chi connectivity index (χ1v) is 15.8. The molecular weight excluding hydrogens is 592 g/mol. The van der Waals surface area contributed by atoms with Crippen molar-refractivity contribution in [2.75, 3.05) is 51.3 Å². The van der Waals surface area contributed by atoms with Gasteiger partial charge in [-0.25, -0.2) is 26.7 Å². The number of rotatable bonds is 7. The zero-order valence-corrected chi connectivity index (χ0v) is 24.4. The first kappa shape index (κ1) is 28.6. The van der Waals surface area contributed by atoms with Crippen LogP contribution in [0.1, 0.15) is 37.1 Å². The molecule has 2 aromatic heterocycles. The highest BCUT2D eigenvalue weighted by atomic mass is 32.2. The third kappa shape index (κ3) is 5.39. The fourth-order valence-corrected chi connectivity index (χ4v) is 7.41. The Morgan fingerprint density at radius 2 is 1.93 bits per heavy atom. The van der Waals surface area contributed by atoms with Crippen LogP contribution in [0.5, 0.6) is 0 Å². The topological polar surface area (TPSA) is 150 Å². The highest BCUT2D eigenvalue weighted by Crippen LogP contribution is 2.38. The first-order valence-electron chi connectivity index (χ1n) is 13.5. The SMILES string of the molecule is CN(C(=O)N1CCN(c2cc(S(=O)(=O)NC3(C#N)CC3)cc3c2cnn3-c2nnc(C(F)F)s2)CC1)C1CCOCC1. The van der Waals surface area contributed by atoms with E-state index < -0.39 is 27.0 Å². The second kappa shape index (κ2) is 11.0. The molecule has 42 heavy (non-hydrogen) atoms. The quantitative estimate of drug-likeness (QED) is 0.420. The minimum absolute atomic E-state index is 0.0580. The van der Waals surface area contributed by atoms with Crippen LogP contribution in [-0.4, -0.2) is 102 Å². The van der Waals surface area contributed by atoms with Crippen LogP contribution in [0.4, 0.5) is 19.3 Å². The number of hydrogen-bond acceptors (Lipinski definition) is 10. The molecule has 13 nitrogen and oxygen atoms in total. The van der Waals surface area contributed by atoms with Gasteiger partial charge in [-0.15, -0.1) is 10.2 Å². The second-order valence-electron chi connectivity index (χ2n) is 10.7. The Hall–Kier alpha value is -3.46. The number of sulfonamides is 1. The zero-order chi connectivity index (χ0) is 29.6. The number of carbonyl (C=O) groups is 1. The molecule has 17 heteroatoms. The summed E-state index contributed by atoms with van der Waals surface area (Å²) in [5.74, 6) is 0. The van der Waals surface area contributed by atoms with E-state index in [2.05, 4.69) is 20.0 Å². The average Bonchev–Trinajstić information content (AvgIpc) is 3.38. The number of urea groups is 1. The molecule has 1 aliphatic carbocycles. The van der Waals surface area contributed by atoms with Crippen molar-refractivity contribution >= 4 is 44.0 Å². The normalized spacial score (nSPS) is 19.3. The number of nitriles is 1. The predicted molar refractivity (Wildman–Crippen MR) is 148 cm³/mol. The Morgan fingerprint density at radius 3 is 2.55 bits per heavy atom. The summed E-state index contributed by atoms with van der Waals surface area (Å²) in [6.45, 7) is 2.96. The molecule has 0 atom stereocenters. The van der Waals surface area contributed by atoms with Crippen molar-refractivity contribution in [3.63, 3.8) is 0 Å². The van der Waals surface area contributed by atoms with Crippen LogP contribution in [0.3, 0.4) is 0 Å². The summed E-state index contributed by atoms with van der Waals surface area (Å²) in [7, 11) is -2.32. The lowest BCUT2D eigenvalue weighted by Gasteiger charge is -2.40. The third-order valence-electron chi connectivity index (χ3n) is 7.97. The summed E-state index contributed by atoms with van der Waals surface area (Å²) < 4.78 is 62.6. The largest absolute Gasteiger partial charge is 0.381 e. The van der Waals surface area contributed by atoms with Crippen molar-refractivity contribution in [1.82, 2.24) is 34.5 Å². The Balaban J connectivity index is 1.31. The van der Waals surface area contributed by atoms with Crippen molar-refractivity contribution in [2.24, 2.45) is 0 Å². The van der Waals surface area contributed by atoms with Gasteiger partial charge in [0.2, 0.25) is 15.2 Å². The molecule has 224 valence electrons. The maximum atomic E-state index is 13.5. The van der Waals surface area contributed by atoms with Crippen molar-refractivity contribution in [1.29, 1.82) is 5.26 Å². The Morgan fingerprint density at radius 1 is 1.21 bits per heavy atom. The molecular formula is C25H29F2N9O4S2. The van der Waals surface area contributed by atoms with Crippen molar-refractivity contribution in [3.05, 3.63) is 23.3 Å². The molecule has 2 saturated heterocycles. The molecule has 2 amide bonds. The number of fused-ring (bicyclic) bond motifs is 1. The number of nitrogens with one attached hydrogen (secondary N) is 1. The van der Waals surface area contributed by atoms with Gasteiger partial charge in [0.1, 0.15) is 5.54 Å². The highest BCUT2D eigenvalue weighted by molar-refractivity contribution is 7.89. The molecule has 3 aromatic rings. The van der Waals surface area contributed by atoms with Gasteiger partial charge in [-0.05, 0) is 37.8 Å². The van der Waals surface area contributed by atoms with Gasteiger partial charge in [0.05, 0.1) is 22.7 Å². The predicted octanol–water partition coefficient (Wildman–Crippen LogP) is 2.50. The fraction of sp³-hybridized carbons (Fsp3) is 0.560. The van der Waals surface area contributed by atoms with Gasteiger partial charge in [-0.2, -0.15) is 15.1 Å². The van der Waals surface area contributed by atoms with Crippen LogP contribution in [0.2, 0.25) is 0 Å². The van der Waals surface area contributed by atoms with Crippen molar-refractivity contribution < 1.29 is 26.7 Å². The van der Waals surface area contributed by atoms with Gasteiger partial charge in [-0.3, -0.25) is 0 Å². The Kier molecular flexibility index (Phi) is 7.50. The minimum Gasteiger partial charge on any atom is -0.381 e. The van der Waals surface area contributed by atoms with E-state index in [1.54, 1.807) is 9.80 Å². The molecule has 3 aliphatic rings. The Labute approximate surface area is 244 Å². The van der Waals surface area contributed by atoms with Crippen LogP contribution in [0, 0.1) is 11.3 Å². The van der Waals surface area contributed by atoms with E-state index in [-0.39, 0.29) is 22.1 Å². The first-order chi connectivity index (χ1) is 20.1. The number of nitrogens with zero attached hydrogens (tertiary/aromatic N) is 8. The molecule has 1 aromatic carbocycles. The number of alkyl halides is 2. The highest BCUT2D eigenvalue weighted by Gasteiger charge is 2.47. The van der Waals surface area contributed by atoms with E-state index in [9.17, 15) is 27.3 Å². The van der Waals surface area contributed by atoms with Gasteiger partial charge in [-0.1, -0.05) is 11.3 Å². The molecule has 6 rings (SSSR count). The van der Waals surface area contributed by atoms with Crippen molar-refractivity contribution in [2.45, 2.75) is 48.6 Å². The lowest BCUT2D eigenvalue weighted by atomic mass is 10.1. The molecule has 0 radical (unpaired) electrons. The summed E-state index contributed by atoms with van der Waals surface area (Å²) >= 11 is 0.660. The number of hydrogen-bond donors (Lipinski definition) is 1. The summed E-state index contributed by atoms with van der Waals surface area (Å²) in [6.07, 6.45) is 1.13. The van der Waals surface area contributed by atoms with Crippen molar-refractivity contribution in [3.8, 4) is 11.2 Å². The summed E-state index contributed by atoms with van der Waals surface area (Å²) in [6, 6.07) is 5.02. The lowest BCUT2D eigenvalue weighted by molar-refractivity contribution is 0.0461. The molecule has 3 fully saturated rings. The van der Waals surface area contributed by atoms with E-state index in [1.165, 1.54) is 23.0 Å². The zero-order valence-electron chi connectivity index (χ0n) is 22.7. The number of halogens is 2. The van der Waals surface area contributed by atoms with Crippen LogP contribution in [0.15, 0.2) is 23.2 Å². The standard InChI is InChI=1S/C25H29F2N9O4S2/c1-33(16-2-10-40-11-3-16)24(37)35-8-6-34(7-9-35)19-12-17(42(38,39)32-25(15-28)4-5-25)13-20-18(19)14-29-36(20)23-31-30-22(41-23)21(26)27/h12-14,16,21,32H,2-11H2,1H3. The Bertz CT molecular complexity index is 1640. The number of carbonyl (C=O) groups excluding carboxylic acids is 1.